The topological polar surface area (TPSA) is 26.3 Å². The second kappa shape index (κ2) is 5.19. The Morgan fingerprint density at radius 3 is 2.53 bits per heavy atom. The van der Waals surface area contributed by atoms with Gasteiger partial charge >= 0.3 is 5.97 Å². The number of hydrogen-bond acceptors (Lipinski definition) is 2. The van der Waals surface area contributed by atoms with Gasteiger partial charge in [-0.25, -0.2) is 0 Å². The van der Waals surface area contributed by atoms with Crippen molar-refractivity contribution in [3.8, 4) is 5.75 Å². The van der Waals surface area contributed by atoms with Gasteiger partial charge in [-0.05, 0) is 5.39 Å². The van der Waals surface area contributed by atoms with Gasteiger partial charge in [-0.2, -0.15) is 0 Å². The highest BCUT2D eigenvalue weighted by Gasteiger charge is 2.15. The van der Waals surface area contributed by atoms with Crippen LogP contribution in [-0.2, 0) is 4.79 Å². The molecule has 0 saturated carbocycles. The number of carbonyl (C=O) groups is 1. The summed E-state index contributed by atoms with van der Waals surface area (Å²) < 4.78 is 5.27. The number of carbonyl (C=O) groups excluding carboxylic acids is 1. The molecule has 2 nitrogen and oxygen atoms in total. The molecule has 0 aliphatic heterocycles. The number of rotatable bonds is 2. The molecule has 0 aromatic heterocycles. The molecular formula is C13H10Br2O2. The summed E-state index contributed by atoms with van der Waals surface area (Å²) in [5, 5.41) is 1.98. The fourth-order valence-electron chi connectivity index (χ4n) is 1.69. The minimum absolute atomic E-state index is 0.0473. The van der Waals surface area contributed by atoms with E-state index in [1.165, 1.54) is 6.92 Å². The lowest BCUT2D eigenvalue weighted by atomic mass is 10.1. The van der Waals surface area contributed by atoms with Crippen LogP contribution in [0.5, 0.6) is 5.75 Å². The summed E-state index contributed by atoms with van der Waals surface area (Å²) in [5.74, 6) is 0.289. The predicted molar refractivity (Wildman–Crippen MR) is 75.9 cm³/mol. The smallest absolute Gasteiger partial charge is 0.308 e. The van der Waals surface area contributed by atoms with Crippen LogP contribution < -0.4 is 4.74 Å². The van der Waals surface area contributed by atoms with Crippen molar-refractivity contribution in [1.82, 2.24) is 0 Å². The lowest BCUT2D eigenvalue weighted by Gasteiger charge is -2.13. The zero-order chi connectivity index (χ0) is 12.4. The van der Waals surface area contributed by atoms with Gasteiger partial charge in [-0.3, -0.25) is 4.79 Å². The number of alkyl halides is 2. The molecule has 0 saturated heterocycles. The van der Waals surface area contributed by atoms with Gasteiger partial charge in [0.2, 0.25) is 0 Å². The number of ether oxygens (including phenoxy) is 1. The third kappa shape index (κ3) is 2.69. The Bertz CT molecular complexity index is 564. The molecule has 2 aromatic rings. The Kier molecular flexibility index (Phi) is 3.84. The van der Waals surface area contributed by atoms with Crippen LogP contribution in [0.3, 0.4) is 0 Å². The van der Waals surface area contributed by atoms with Crippen LogP contribution in [0.4, 0.5) is 0 Å². The van der Waals surface area contributed by atoms with E-state index in [0.29, 0.717) is 5.75 Å². The molecule has 0 bridgehead atoms. The summed E-state index contributed by atoms with van der Waals surface area (Å²) in [6.45, 7) is 1.41. The van der Waals surface area contributed by atoms with Crippen molar-refractivity contribution in [2.45, 2.75) is 10.7 Å². The van der Waals surface area contributed by atoms with E-state index >= 15 is 0 Å². The maximum Gasteiger partial charge on any atom is 0.308 e. The van der Waals surface area contributed by atoms with Crippen LogP contribution in [0.25, 0.3) is 10.8 Å². The fraction of sp³-hybridized carbons (Fsp3) is 0.154. The van der Waals surface area contributed by atoms with E-state index in [0.717, 1.165) is 16.3 Å². The first-order valence-corrected chi connectivity index (χ1v) is 6.91. The van der Waals surface area contributed by atoms with Crippen molar-refractivity contribution < 1.29 is 9.53 Å². The first-order chi connectivity index (χ1) is 8.09. The number of benzene rings is 2. The molecule has 4 heteroatoms. The van der Waals surface area contributed by atoms with E-state index < -0.39 is 0 Å². The lowest BCUT2D eigenvalue weighted by Crippen LogP contribution is -2.04. The Labute approximate surface area is 116 Å². The number of esters is 1. The molecule has 0 fully saturated rings. The van der Waals surface area contributed by atoms with Crippen LogP contribution in [0, 0.1) is 0 Å². The van der Waals surface area contributed by atoms with Crippen LogP contribution >= 0.6 is 31.9 Å². The molecule has 0 radical (unpaired) electrons. The Hall–Kier alpha value is -0.870. The third-order valence-electron chi connectivity index (χ3n) is 2.39. The summed E-state index contributed by atoms with van der Waals surface area (Å²) >= 11 is 6.87. The number of fused-ring (bicyclic) bond motifs is 1. The monoisotopic (exact) mass is 356 g/mol. The summed E-state index contributed by atoms with van der Waals surface area (Å²) in [5.41, 5.74) is 0.902. The van der Waals surface area contributed by atoms with Crippen LogP contribution in [-0.4, -0.2) is 5.97 Å². The standard InChI is InChI=1S/C13H10Br2O2/c1-8(16)17-12-10-5-3-2-4-9(10)6-7-11(12)13(14)15/h2-7,13H,1H3. The minimum Gasteiger partial charge on any atom is -0.426 e. The van der Waals surface area contributed by atoms with Gasteiger partial charge in [0.05, 0.1) is 3.74 Å². The molecule has 88 valence electrons. The van der Waals surface area contributed by atoms with Gasteiger partial charge in [0.15, 0.2) is 0 Å². The average molecular weight is 358 g/mol. The Morgan fingerprint density at radius 2 is 1.88 bits per heavy atom. The van der Waals surface area contributed by atoms with E-state index in [2.05, 4.69) is 31.9 Å². The van der Waals surface area contributed by atoms with Crippen molar-refractivity contribution in [3.05, 3.63) is 42.0 Å². The van der Waals surface area contributed by atoms with Gasteiger partial charge in [0, 0.05) is 17.9 Å². The zero-order valence-electron chi connectivity index (χ0n) is 9.11. The molecule has 0 aliphatic carbocycles. The Morgan fingerprint density at radius 1 is 1.18 bits per heavy atom. The molecule has 17 heavy (non-hydrogen) atoms. The van der Waals surface area contributed by atoms with Crippen molar-refractivity contribution in [1.29, 1.82) is 0 Å². The van der Waals surface area contributed by atoms with Gasteiger partial charge < -0.3 is 4.74 Å². The summed E-state index contributed by atoms with van der Waals surface area (Å²) in [6, 6.07) is 11.8. The highest BCUT2D eigenvalue weighted by molar-refractivity contribution is 9.24. The van der Waals surface area contributed by atoms with Crippen molar-refractivity contribution in [3.63, 3.8) is 0 Å². The quantitative estimate of drug-likeness (QED) is 0.447. The van der Waals surface area contributed by atoms with Gasteiger partial charge in [-0.15, -0.1) is 0 Å². The van der Waals surface area contributed by atoms with E-state index in [-0.39, 0.29) is 9.71 Å². The minimum atomic E-state index is -0.316. The molecule has 0 amide bonds. The maximum absolute atomic E-state index is 11.2. The number of halogens is 2. The zero-order valence-corrected chi connectivity index (χ0v) is 12.3. The molecule has 0 aliphatic rings. The van der Waals surface area contributed by atoms with E-state index in [4.69, 9.17) is 4.74 Å². The third-order valence-corrected chi connectivity index (χ3v) is 3.38. The number of hydrogen-bond donors (Lipinski definition) is 0. The molecular weight excluding hydrogens is 348 g/mol. The van der Waals surface area contributed by atoms with Crippen molar-refractivity contribution in [2.24, 2.45) is 0 Å². The molecule has 0 atom stereocenters. The van der Waals surface area contributed by atoms with E-state index in [9.17, 15) is 4.79 Å². The van der Waals surface area contributed by atoms with Crippen LogP contribution in [0.1, 0.15) is 16.2 Å². The average Bonchev–Trinajstić information content (AvgIpc) is 2.28. The van der Waals surface area contributed by atoms with Crippen molar-refractivity contribution >= 4 is 48.6 Å². The molecule has 0 heterocycles. The predicted octanol–water partition coefficient (Wildman–Crippen LogP) is 4.55. The lowest BCUT2D eigenvalue weighted by molar-refractivity contribution is -0.131. The molecule has 2 aromatic carbocycles. The highest BCUT2D eigenvalue weighted by Crippen LogP contribution is 2.40. The Balaban J connectivity index is 2.70. The van der Waals surface area contributed by atoms with Gasteiger partial charge in [-0.1, -0.05) is 68.3 Å². The second-order valence-electron chi connectivity index (χ2n) is 3.60. The second-order valence-corrected chi connectivity index (χ2v) is 6.66. The van der Waals surface area contributed by atoms with Crippen LogP contribution in [0.15, 0.2) is 36.4 Å². The van der Waals surface area contributed by atoms with Gasteiger partial charge in [0.25, 0.3) is 0 Å². The summed E-state index contributed by atoms with van der Waals surface area (Å²) in [6.07, 6.45) is 0. The molecule has 0 spiro atoms. The molecule has 2 rings (SSSR count). The van der Waals surface area contributed by atoms with E-state index in [1.54, 1.807) is 0 Å². The van der Waals surface area contributed by atoms with E-state index in [1.807, 2.05) is 36.4 Å². The summed E-state index contributed by atoms with van der Waals surface area (Å²) in [7, 11) is 0. The molecule has 0 unspecified atom stereocenters. The molecule has 0 N–H and O–H groups in total. The van der Waals surface area contributed by atoms with Crippen molar-refractivity contribution in [2.75, 3.05) is 0 Å². The van der Waals surface area contributed by atoms with Crippen LogP contribution in [0.2, 0.25) is 0 Å². The highest BCUT2D eigenvalue weighted by atomic mass is 79.9. The normalized spacial score (nSPS) is 10.8. The fourth-order valence-corrected chi connectivity index (χ4v) is 2.41. The van der Waals surface area contributed by atoms with Gasteiger partial charge in [0.1, 0.15) is 5.75 Å². The SMILES string of the molecule is CC(=O)Oc1c(C(Br)Br)ccc2ccccc12. The summed E-state index contributed by atoms with van der Waals surface area (Å²) in [4.78, 5) is 11.2. The first-order valence-electron chi connectivity index (χ1n) is 5.08. The first kappa shape index (κ1) is 12.6. The maximum atomic E-state index is 11.2. The largest absolute Gasteiger partial charge is 0.426 e.